The van der Waals surface area contributed by atoms with Crippen LogP contribution in [0.2, 0.25) is 0 Å². The molecule has 1 aliphatic rings. The monoisotopic (exact) mass is 458 g/mol. The molecule has 0 radical (unpaired) electrons. The van der Waals surface area contributed by atoms with E-state index in [0.717, 1.165) is 32.1 Å². The second kappa shape index (κ2) is 11.0. The van der Waals surface area contributed by atoms with E-state index in [1.165, 1.54) is 12.0 Å². The standard InChI is InChI=1S/C20H34N4.HI/c1-16(2)24(17(3)4)14-12-22-20(21-5)23-13-11-19(15-23)18-9-7-6-8-10-18;/h6-10,16-17,19H,11-15H2,1-5H3,(H,21,22);1H. The van der Waals surface area contributed by atoms with E-state index in [2.05, 4.69) is 78.1 Å². The summed E-state index contributed by atoms with van der Waals surface area (Å²) in [7, 11) is 1.89. The van der Waals surface area contributed by atoms with Gasteiger partial charge in [-0.2, -0.15) is 0 Å². The number of nitrogens with one attached hydrogen (secondary N) is 1. The molecule has 4 nitrogen and oxygen atoms in total. The molecular formula is C20H35IN4. The summed E-state index contributed by atoms with van der Waals surface area (Å²) < 4.78 is 0. The molecule has 1 fully saturated rings. The van der Waals surface area contributed by atoms with Crippen molar-refractivity contribution >= 4 is 29.9 Å². The summed E-state index contributed by atoms with van der Waals surface area (Å²) in [6, 6.07) is 12.0. The summed E-state index contributed by atoms with van der Waals surface area (Å²) in [6.45, 7) is 13.2. The number of guanidine groups is 1. The summed E-state index contributed by atoms with van der Waals surface area (Å²) in [5.41, 5.74) is 1.45. The maximum absolute atomic E-state index is 4.50. The van der Waals surface area contributed by atoms with Crippen molar-refractivity contribution in [1.29, 1.82) is 0 Å². The fourth-order valence-electron chi connectivity index (χ4n) is 3.69. The highest BCUT2D eigenvalue weighted by molar-refractivity contribution is 14.0. The van der Waals surface area contributed by atoms with Gasteiger partial charge in [0, 0.05) is 51.2 Å². The number of rotatable bonds is 6. The number of halogens is 1. The highest BCUT2D eigenvalue weighted by atomic mass is 127. The van der Waals surface area contributed by atoms with E-state index in [4.69, 9.17) is 0 Å². The molecule has 5 heteroatoms. The molecule has 0 aromatic heterocycles. The quantitative estimate of drug-likeness (QED) is 0.400. The van der Waals surface area contributed by atoms with Gasteiger partial charge in [0.2, 0.25) is 0 Å². The Morgan fingerprint density at radius 2 is 1.84 bits per heavy atom. The molecule has 1 aromatic carbocycles. The van der Waals surface area contributed by atoms with E-state index in [-0.39, 0.29) is 24.0 Å². The zero-order valence-electron chi connectivity index (χ0n) is 16.4. The van der Waals surface area contributed by atoms with Crippen molar-refractivity contribution in [2.24, 2.45) is 4.99 Å². The fraction of sp³-hybridized carbons (Fsp3) is 0.650. The largest absolute Gasteiger partial charge is 0.355 e. The van der Waals surface area contributed by atoms with E-state index in [9.17, 15) is 0 Å². The topological polar surface area (TPSA) is 30.9 Å². The average molecular weight is 458 g/mol. The van der Waals surface area contributed by atoms with Crippen molar-refractivity contribution in [1.82, 2.24) is 15.1 Å². The van der Waals surface area contributed by atoms with Crippen molar-refractivity contribution < 1.29 is 0 Å². The first-order valence-electron chi connectivity index (χ1n) is 9.29. The lowest BCUT2D eigenvalue weighted by atomic mass is 9.99. The molecule has 0 bridgehead atoms. The summed E-state index contributed by atoms with van der Waals surface area (Å²) in [5, 5.41) is 3.56. The SMILES string of the molecule is CN=C(NCCN(C(C)C)C(C)C)N1CCC(c2ccccc2)C1.I. The van der Waals surface area contributed by atoms with Gasteiger partial charge in [0.05, 0.1) is 0 Å². The van der Waals surface area contributed by atoms with Crippen LogP contribution in [0.1, 0.15) is 45.6 Å². The Balaban J connectivity index is 0.00000312. The minimum absolute atomic E-state index is 0. The predicted octanol–water partition coefficient (Wildman–Crippen LogP) is 3.79. The zero-order chi connectivity index (χ0) is 17.5. The van der Waals surface area contributed by atoms with Crippen LogP contribution in [-0.2, 0) is 0 Å². The van der Waals surface area contributed by atoms with Gasteiger partial charge in [0.25, 0.3) is 0 Å². The van der Waals surface area contributed by atoms with Crippen LogP contribution >= 0.6 is 24.0 Å². The number of benzene rings is 1. The number of hydrogen-bond donors (Lipinski definition) is 1. The van der Waals surface area contributed by atoms with Crippen LogP contribution in [0.5, 0.6) is 0 Å². The Bertz CT molecular complexity index is 508. The van der Waals surface area contributed by atoms with Crippen LogP contribution in [0.4, 0.5) is 0 Å². The minimum Gasteiger partial charge on any atom is -0.355 e. The zero-order valence-corrected chi connectivity index (χ0v) is 18.7. The molecule has 0 amide bonds. The minimum atomic E-state index is 0. The van der Waals surface area contributed by atoms with Crippen molar-refractivity contribution in [3.8, 4) is 0 Å². The Labute approximate surface area is 171 Å². The molecule has 1 atom stereocenters. The third-order valence-electron chi connectivity index (χ3n) is 4.95. The normalized spacial score (nSPS) is 18.2. The summed E-state index contributed by atoms with van der Waals surface area (Å²) >= 11 is 0. The Morgan fingerprint density at radius 1 is 1.20 bits per heavy atom. The molecule has 0 aliphatic carbocycles. The summed E-state index contributed by atoms with van der Waals surface area (Å²) in [4.78, 5) is 9.40. The van der Waals surface area contributed by atoms with Crippen LogP contribution in [0.25, 0.3) is 0 Å². The van der Waals surface area contributed by atoms with Crippen molar-refractivity contribution in [3.63, 3.8) is 0 Å². The predicted molar refractivity (Wildman–Crippen MR) is 119 cm³/mol. The summed E-state index contributed by atoms with van der Waals surface area (Å²) in [5.74, 6) is 1.66. The van der Waals surface area contributed by atoms with Crippen LogP contribution in [0, 0.1) is 0 Å². The number of aliphatic imine (C=N–C) groups is 1. The smallest absolute Gasteiger partial charge is 0.193 e. The Kier molecular flexibility index (Phi) is 9.79. The summed E-state index contributed by atoms with van der Waals surface area (Å²) in [6.07, 6.45) is 1.20. The van der Waals surface area contributed by atoms with Gasteiger partial charge in [-0.05, 0) is 39.7 Å². The molecule has 0 spiro atoms. The van der Waals surface area contributed by atoms with E-state index in [1.54, 1.807) is 0 Å². The molecular weight excluding hydrogens is 423 g/mol. The van der Waals surface area contributed by atoms with Crippen molar-refractivity contribution in [2.75, 3.05) is 33.2 Å². The van der Waals surface area contributed by atoms with E-state index in [1.807, 2.05) is 7.05 Å². The third-order valence-corrected chi connectivity index (χ3v) is 4.95. The number of hydrogen-bond acceptors (Lipinski definition) is 2. The van der Waals surface area contributed by atoms with Gasteiger partial charge >= 0.3 is 0 Å². The van der Waals surface area contributed by atoms with E-state index in [0.29, 0.717) is 18.0 Å². The molecule has 142 valence electrons. The molecule has 25 heavy (non-hydrogen) atoms. The highest BCUT2D eigenvalue weighted by Crippen LogP contribution is 2.26. The molecule has 0 saturated carbocycles. The van der Waals surface area contributed by atoms with Crippen LogP contribution < -0.4 is 5.32 Å². The fourth-order valence-corrected chi connectivity index (χ4v) is 3.69. The van der Waals surface area contributed by atoms with Crippen LogP contribution in [0.3, 0.4) is 0 Å². The molecule has 2 rings (SSSR count). The number of nitrogens with zero attached hydrogens (tertiary/aromatic N) is 3. The van der Waals surface area contributed by atoms with Gasteiger partial charge < -0.3 is 10.2 Å². The molecule has 1 saturated heterocycles. The first-order chi connectivity index (χ1) is 11.5. The maximum Gasteiger partial charge on any atom is 0.193 e. The molecule has 1 N–H and O–H groups in total. The highest BCUT2D eigenvalue weighted by Gasteiger charge is 2.25. The maximum atomic E-state index is 4.50. The van der Waals surface area contributed by atoms with Crippen LogP contribution in [0.15, 0.2) is 35.3 Å². The van der Waals surface area contributed by atoms with Gasteiger partial charge in [-0.1, -0.05) is 30.3 Å². The lowest BCUT2D eigenvalue weighted by Gasteiger charge is -2.31. The van der Waals surface area contributed by atoms with Gasteiger partial charge in [0.15, 0.2) is 5.96 Å². The number of likely N-dealkylation sites (tertiary alicyclic amines) is 1. The Morgan fingerprint density at radius 3 is 2.40 bits per heavy atom. The average Bonchev–Trinajstić information content (AvgIpc) is 3.05. The van der Waals surface area contributed by atoms with E-state index >= 15 is 0 Å². The first-order valence-corrected chi connectivity index (χ1v) is 9.29. The van der Waals surface area contributed by atoms with Gasteiger partial charge in [0.1, 0.15) is 0 Å². The van der Waals surface area contributed by atoms with E-state index < -0.39 is 0 Å². The first kappa shape index (κ1) is 22.2. The molecule has 1 unspecified atom stereocenters. The molecule has 1 heterocycles. The lowest BCUT2D eigenvalue weighted by molar-refractivity contribution is 0.178. The van der Waals surface area contributed by atoms with Gasteiger partial charge in [-0.15, -0.1) is 24.0 Å². The van der Waals surface area contributed by atoms with Crippen LogP contribution in [-0.4, -0.2) is 61.1 Å². The second-order valence-electron chi connectivity index (χ2n) is 7.24. The van der Waals surface area contributed by atoms with Crippen molar-refractivity contribution in [2.45, 2.75) is 52.1 Å². The third kappa shape index (κ3) is 6.44. The molecule has 1 aliphatic heterocycles. The molecule has 1 aromatic rings. The van der Waals surface area contributed by atoms with Gasteiger partial charge in [-0.3, -0.25) is 9.89 Å². The van der Waals surface area contributed by atoms with Crippen molar-refractivity contribution in [3.05, 3.63) is 35.9 Å². The van der Waals surface area contributed by atoms with Gasteiger partial charge in [-0.25, -0.2) is 0 Å². The second-order valence-corrected chi connectivity index (χ2v) is 7.24. The lowest BCUT2D eigenvalue weighted by Crippen LogP contribution is -2.46. The Hall–Kier alpha value is -0.820.